The van der Waals surface area contributed by atoms with E-state index in [-0.39, 0.29) is 24.2 Å². The van der Waals surface area contributed by atoms with E-state index in [0.29, 0.717) is 25.2 Å². The van der Waals surface area contributed by atoms with Gasteiger partial charge in [0.25, 0.3) is 11.2 Å². The summed E-state index contributed by atoms with van der Waals surface area (Å²) in [5.74, 6) is -0.751. The van der Waals surface area contributed by atoms with Gasteiger partial charge in [-0.2, -0.15) is 0 Å². The van der Waals surface area contributed by atoms with Gasteiger partial charge < -0.3 is 10.2 Å². The summed E-state index contributed by atoms with van der Waals surface area (Å²) in [6.45, 7) is 1.11. The summed E-state index contributed by atoms with van der Waals surface area (Å²) in [5.41, 5.74) is -0.113. The molecule has 1 aromatic carbocycles. The Hall–Kier alpha value is -3.07. The number of pyridine rings is 1. The van der Waals surface area contributed by atoms with Crippen molar-refractivity contribution < 1.29 is 14.1 Å². The predicted octanol–water partition coefficient (Wildman–Crippen LogP) is 1.07. The Labute approximate surface area is 148 Å². The number of carbonyl (C=O) groups excluding carboxylic acids is 1. The van der Waals surface area contributed by atoms with Crippen LogP contribution in [-0.2, 0) is 11.3 Å². The molecule has 3 rings (SSSR count). The molecule has 0 aliphatic carbocycles. The van der Waals surface area contributed by atoms with E-state index in [4.69, 9.17) is 0 Å². The lowest BCUT2D eigenvalue weighted by Gasteiger charge is -2.36. The number of nitrogens with zero attached hydrogens (tertiary/aromatic N) is 3. The van der Waals surface area contributed by atoms with Crippen molar-refractivity contribution >= 4 is 11.6 Å². The second-order valence-corrected chi connectivity index (χ2v) is 5.97. The molecule has 1 amide bonds. The van der Waals surface area contributed by atoms with Gasteiger partial charge in [0.05, 0.1) is 17.2 Å². The first-order valence-corrected chi connectivity index (χ1v) is 8.06. The van der Waals surface area contributed by atoms with Crippen LogP contribution < -0.4 is 10.9 Å². The standard InChI is InChI=1S/C17H17FN4O4/c18-13-3-1-2-12(8-13)15-9-19-6-7-21(15)17(24)11-20-10-14(22(25)26)4-5-16(20)23/h1-5,8,10,15,19H,6-7,9,11H2. The molecule has 0 spiro atoms. The van der Waals surface area contributed by atoms with Crippen molar-refractivity contribution in [2.75, 3.05) is 19.6 Å². The summed E-state index contributed by atoms with van der Waals surface area (Å²) in [5, 5.41) is 14.0. The second kappa shape index (κ2) is 7.44. The molecule has 2 aromatic rings. The largest absolute Gasteiger partial charge is 0.332 e. The number of halogens is 1. The number of piperazine rings is 1. The third-order valence-electron chi connectivity index (χ3n) is 4.28. The Kier molecular flexibility index (Phi) is 5.08. The van der Waals surface area contributed by atoms with Crippen LogP contribution in [0.2, 0.25) is 0 Å². The van der Waals surface area contributed by atoms with Crippen molar-refractivity contribution in [3.05, 3.63) is 74.4 Å². The van der Waals surface area contributed by atoms with Crippen molar-refractivity contribution in [1.29, 1.82) is 0 Å². The van der Waals surface area contributed by atoms with Gasteiger partial charge in [-0.15, -0.1) is 0 Å². The van der Waals surface area contributed by atoms with Gasteiger partial charge in [-0.05, 0) is 17.7 Å². The monoisotopic (exact) mass is 360 g/mol. The minimum atomic E-state index is -0.624. The molecule has 136 valence electrons. The maximum Gasteiger partial charge on any atom is 0.285 e. The van der Waals surface area contributed by atoms with E-state index in [2.05, 4.69) is 5.32 Å². The van der Waals surface area contributed by atoms with E-state index in [9.17, 15) is 24.1 Å². The van der Waals surface area contributed by atoms with Crippen LogP contribution in [0.1, 0.15) is 11.6 Å². The van der Waals surface area contributed by atoms with Crippen LogP contribution in [0.15, 0.2) is 47.4 Å². The molecule has 1 aromatic heterocycles. The molecule has 1 aliphatic rings. The molecule has 1 fully saturated rings. The van der Waals surface area contributed by atoms with Crippen molar-refractivity contribution in [1.82, 2.24) is 14.8 Å². The Morgan fingerprint density at radius 3 is 2.88 bits per heavy atom. The fourth-order valence-corrected chi connectivity index (χ4v) is 3.00. The number of rotatable bonds is 4. The Bertz CT molecular complexity index is 898. The number of amides is 1. The summed E-state index contributed by atoms with van der Waals surface area (Å²) < 4.78 is 14.6. The highest BCUT2D eigenvalue weighted by Gasteiger charge is 2.28. The minimum Gasteiger partial charge on any atom is -0.332 e. The van der Waals surface area contributed by atoms with Crippen molar-refractivity contribution in [3.63, 3.8) is 0 Å². The normalized spacial score (nSPS) is 17.1. The van der Waals surface area contributed by atoms with Crippen LogP contribution in [0, 0.1) is 15.9 Å². The number of benzene rings is 1. The van der Waals surface area contributed by atoms with Gasteiger partial charge in [-0.3, -0.25) is 24.3 Å². The third kappa shape index (κ3) is 3.77. The summed E-state index contributed by atoms with van der Waals surface area (Å²) in [7, 11) is 0. The molecule has 0 saturated carbocycles. The summed E-state index contributed by atoms with van der Waals surface area (Å²) in [6, 6.07) is 7.80. The molecule has 26 heavy (non-hydrogen) atoms. The molecule has 8 nitrogen and oxygen atoms in total. The highest BCUT2D eigenvalue weighted by Crippen LogP contribution is 2.23. The van der Waals surface area contributed by atoms with Gasteiger partial charge in [0.15, 0.2) is 0 Å². The lowest BCUT2D eigenvalue weighted by atomic mass is 10.0. The molecule has 2 heterocycles. The molecule has 1 atom stereocenters. The first-order chi connectivity index (χ1) is 12.5. The van der Waals surface area contributed by atoms with Crippen LogP contribution in [0.3, 0.4) is 0 Å². The fraction of sp³-hybridized carbons (Fsp3) is 0.294. The zero-order valence-electron chi connectivity index (χ0n) is 13.8. The molecule has 1 aliphatic heterocycles. The smallest absolute Gasteiger partial charge is 0.285 e. The van der Waals surface area contributed by atoms with Gasteiger partial charge in [0.1, 0.15) is 12.4 Å². The highest BCUT2D eigenvalue weighted by atomic mass is 19.1. The van der Waals surface area contributed by atoms with Crippen molar-refractivity contribution in [3.8, 4) is 0 Å². The minimum absolute atomic E-state index is 0.264. The van der Waals surface area contributed by atoms with Crippen LogP contribution in [0.5, 0.6) is 0 Å². The lowest BCUT2D eigenvalue weighted by Crippen LogP contribution is -2.50. The zero-order valence-corrected chi connectivity index (χ0v) is 13.8. The number of hydrogen-bond acceptors (Lipinski definition) is 5. The molecule has 1 N–H and O–H groups in total. The van der Waals surface area contributed by atoms with Crippen LogP contribution in [0.25, 0.3) is 0 Å². The van der Waals surface area contributed by atoms with E-state index < -0.39 is 16.3 Å². The maximum absolute atomic E-state index is 13.5. The van der Waals surface area contributed by atoms with E-state index in [0.717, 1.165) is 22.9 Å². The first-order valence-electron chi connectivity index (χ1n) is 8.06. The molecule has 9 heteroatoms. The average Bonchev–Trinajstić information content (AvgIpc) is 2.63. The first kappa shape index (κ1) is 17.7. The number of carbonyl (C=O) groups is 1. The molecular formula is C17H17FN4O4. The van der Waals surface area contributed by atoms with Gasteiger partial charge in [-0.25, -0.2) is 4.39 Å². The maximum atomic E-state index is 13.5. The Morgan fingerprint density at radius 2 is 2.15 bits per heavy atom. The van der Waals surface area contributed by atoms with Gasteiger partial charge in [0.2, 0.25) is 5.91 Å². The Balaban J connectivity index is 1.84. The summed E-state index contributed by atoms with van der Waals surface area (Å²) in [4.78, 5) is 36.5. The predicted molar refractivity (Wildman–Crippen MR) is 91.1 cm³/mol. The molecule has 1 saturated heterocycles. The van der Waals surface area contributed by atoms with Crippen molar-refractivity contribution in [2.45, 2.75) is 12.6 Å². The van der Waals surface area contributed by atoms with E-state index >= 15 is 0 Å². The van der Waals surface area contributed by atoms with Gasteiger partial charge in [0, 0.05) is 31.8 Å². The number of hydrogen-bond donors (Lipinski definition) is 1. The SMILES string of the molecule is O=C(Cn1cc([N+](=O)[O-])ccc1=O)N1CCNCC1c1cccc(F)c1. The topological polar surface area (TPSA) is 97.5 Å². The van der Waals surface area contributed by atoms with E-state index in [1.807, 2.05) is 0 Å². The van der Waals surface area contributed by atoms with Gasteiger partial charge >= 0.3 is 0 Å². The van der Waals surface area contributed by atoms with Gasteiger partial charge in [-0.1, -0.05) is 12.1 Å². The fourth-order valence-electron chi connectivity index (χ4n) is 3.00. The summed E-state index contributed by atoms with van der Waals surface area (Å²) >= 11 is 0. The molecule has 1 unspecified atom stereocenters. The number of nitrogens with one attached hydrogen (secondary N) is 1. The summed E-state index contributed by atoms with van der Waals surface area (Å²) in [6.07, 6.45) is 1.06. The van der Waals surface area contributed by atoms with Crippen molar-refractivity contribution in [2.24, 2.45) is 0 Å². The average molecular weight is 360 g/mol. The van der Waals surface area contributed by atoms with Crippen LogP contribution in [-0.4, -0.2) is 39.9 Å². The van der Waals surface area contributed by atoms with E-state index in [1.165, 1.54) is 12.1 Å². The molecular weight excluding hydrogens is 343 g/mol. The lowest BCUT2D eigenvalue weighted by molar-refractivity contribution is -0.385. The van der Waals surface area contributed by atoms with E-state index in [1.54, 1.807) is 17.0 Å². The Morgan fingerprint density at radius 1 is 1.35 bits per heavy atom. The third-order valence-corrected chi connectivity index (χ3v) is 4.28. The molecule has 0 radical (unpaired) electrons. The zero-order chi connectivity index (χ0) is 18.7. The highest BCUT2D eigenvalue weighted by molar-refractivity contribution is 5.76. The second-order valence-electron chi connectivity index (χ2n) is 5.97. The van der Waals surface area contributed by atoms with Crippen LogP contribution >= 0.6 is 0 Å². The quantitative estimate of drug-likeness (QED) is 0.650. The van der Waals surface area contributed by atoms with Crippen LogP contribution in [0.4, 0.5) is 10.1 Å². The number of aromatic nitrogens is 1. The number of nitro groups is 1. The molecule has 0 bridgehead atoms.